The topological polar surface area (TPSA) is 38.7 Å². The van der Waals surface area contributed by atoms with Crippen LogP contribution in [0.3, 0.4) is 0 Å². The zero-order valence-corrected chi connectivity index (χ0v) is 26.2. The van der Waals surface area contributed by atoms with Crippen LogP contribution in [0.4, 0.5) is 0 Å². The van der Waals surface area contributed by atoms with Gasteiger partial charge in [0.25, 0.3) is 0 Å². The van der Waals surface area contributed by atoms with Crippen molar-refractivity contribution in [2.75, 3.05) is 0 Å². The predicted molar refractivity (Wildman–Crippen MR) is 196 cm³/mol. The molecule has 2 heterocycles. The van der Waals surface area contributed by atoms with E-state index in [1.165, 1.54) is 21.9 Å². The first-order valence-electron chi connectivity index (χ1n) is 15.7. The summed E-state index contributed by atoms with van der Waals surface area (Å²) in [5, 5.41) is 2.34. The summed E-state index contributed by atoms with van der Waals surface area (Å²) in [6.45, 7) is 6.05. The van der Waals surface area contributed by atoms with Gasteiger partial charge in [-0.25, -0.2) is 9.97 Å². The summed E-state index contributed by atoms with van der Waals surface area (Å²) >= 11 is 0. The van der Waals surface area contributed by atoms with E-state index >= 15 is 0 Å². The predicted octanol–water partition coefficient (Wildman–Crippen LogP) is 9.39. The van der Waals surface area contributed by atoms with Gasteiger partial charge in [-0.3, -0.25) is 4.98 Å². The molecule has 7 aromatic rings. The summed E-state index contributed by atoms with van der Waals surface area (Å²) in [7, 11) is 0. The normalized spacial score (nSPS) is 12.1. The van der Waals surface area contributed by atoms with Crippen LogP contribution < -0.4 is 10.4 Å². The average molecular weight is 604 g/mol. The molecule has 0 atom stereocenters. The molecule has 0 spiro atoms. The molecule has 0 fully saturated rings. The van der Waals surface area contributed by atoms with Gasteiger partial charge in [0, 0.05) is 34.6 Å². The van der Waals surface area contributed by atoms with Gasteiger partial charge in [0.2, 0.25) is 0 Å². The molecule has 0 bridgehead atoms. The first kappa shape index (κ1) is 29.5. The third kappa shape index (κ3) is 6.47. The monoisotopic (exact) mass is 603 g/mol. The molecule has 0 aliphatic rings. The molecule has 0 amide bonds. The maximum atomic E-state index is 5.12. The van der Waals surface area contributed by atoms with Crippen LogP contribution in [0, 0.1) is 0 Å². The van der Waals surface area contributed by atoms with E-state index < -0.39 is 0 Å². The molecule has 5 aromatic carbocycles. The Morgan fingerprint density at radius 1 is 0.532 bits per heavy atom. The molecule has 3 heteroatoms. The highest BCUT2D eigenvalue weighted by Crippen LogP contribution is 2.31. The SMILES string of the molecule is C=C/C=c1/cccc/c1=C(/C)c1ccc(-c2nc(-c3ccc(-c4ccccc4)cc3)cc(-c3cccc(-c4cccnc4)c3)n2)cc1. The highest BCUT2D eigenvalue weighted by atomic mass is 14.9. The number of hydrogen-bond donors (Lipinski definition) is 0. The molecule has 0 radical (unpaired) electrons. The van der Waals surface area contributed by atoms with Gasteiger partial charge in [0.15, 0.2) is 5.82 Å². The minimum atomic E-state index is 0.681. The van der Waals surface area contributed by atoms with Gasteiger partial charge in [0.1, 0.15) is 0 Å². The molecule has 0 N–H and O–H groups in total. The minimum absolute atomic E-state index is 0.681. The first-order valence-corrected chi connectivity index (χ1v) is 15.7. The van der Waals surface area contributed by atoms with E-state index in [1.807, 2.05) is 30.5 Å². The van der Waals surface area contributed by atoms with Crippen molar-refractivity contribution in [3.63, 3.8) is 0 Å². The fourth-order valence-corrected chi connectivity index (χ4v) is 5.86. The lowest BCUT2D eigenvalue weighted by Gasteiger charge is -2.12. The smallest absolute Gasteiger partial charge is 0.160 e. The maximum absolute atomic E-state index is 5.12. The Bertz CT molecular complexity index is 2290. The van der Waals surface area contributed by atoms with E-state index in [0.29, 0.717) is 5.82 Å². The van der Waals surface area contributed by atoms with Crippen LogP contribution in [0.25, 0.3) is 67.8 Å². The molecule has 7 rings (SSSR count). The highest BCUT2D eigenvalue weighted by molar-refractivity contribution is 5.77. The number of rotatable bonds is 7. The summed E-state index contributed by atoms with van der Waals surface area (Å²) < 4.78 is 0. The minimum Gasteiger partial charge on any atom is -0.264 e. The van der Waals surface area contributed by atoms with Gasteiger partial charge >= 0.3 is 0 Å². The third-order valence-corrected chi connectivity index (χ3v) is 8.41. The number of nitrogens with zero attached hydrogens (tertiary/aromatic N) is 3. The zero-order chi connectivity index (χ0) is 32.0. The number of benzene rings is 5. The van der Waals surface area contributed by atoms with Gasteiger partial charge in [-0.05, 0) is 63.4 Å². The molecule has 0 unspecified atom stereocenters. The van der Waals surface area contributed by atoms with Gasteiger partial charge in [-0.2, -0.15) is 0 Å². The van der Waals surface area contributed by atoms with Crippen molar-refractivity contribution in [1.29, 1.82) is 0 Å². The van der Waals surface area contributed by atoms with Crippen LogP contribution >= 0.6 is 0 Å². The molecule has 47 heavy (non-hydrogen) atoms. The Labute approximate surface area is 275 Å². The van der Waals surface area contributed by atoms with Crippen molar-refractivity contribution < 1.29 is 0 Å². The Hall–Kier alpha value is -6.19. The summed E-state index contributed by atoms with van der Waals surface area (Å²) in [6.07, 6.45) is 7.56. The van der Waals surface area contributed by atoms with Crippen LogP contribution in [0.2, 0.25) is 0 Å². The molecule has 3 nitrogen and oxygen atoms in total. The van der Waals surface area contributed by atoms with Gasteiger partial charge in [-0.15, -0.1) is 0 Å². The zero-order valence-electron chi connectivity index (χ0n) is 26.2. The molecular formula is C44H33N3. The molecule has 0 aliphatic carbocycles. The molecule has 2 aromatic heterocycles. The quantitative estimate of drug-likeness (QED) is 0.182. The Balaban J connectivity index is 1.32. The van der Waals surface area contributed by atoms with Crippen LogP contribution in [-0.2, 0) is 0 Å². The lowest BCUT2D eigenvalue weighted by atomic mass is 9.99. The standard InChI is InChI=1S/C44H33N3/c1-3-11-35-14-7-8-18-41(35)31(2)32-19-25-37(26-20-32)44-46-42(36-23-21-34(22-24-36)33-12-5-4-6-13-33)29-43(47-44)39-16-9-15-38(28-39)40-17-10-27-45-30-40/h3-30H,1H2,2H3/b35-11-,41-31+. The molecule has 0 saturated heterocycles. The average Bonchev–Trinajstić information content (AvgIpc) is 3.16. The molecule has 0 aliphatic heterocycles. The van der Waals surface area contributed by atoms with E-state index in [0.717, 1.165) is 50.0 Å². The number of aromatic nitrogens is 3. The van der Waals surface area contributed by atoms with Crippen LogP contribution in [0.5, 0.6) is 0 Å². The van der Waals surface area contributed by atoms with Crippen molar-refractivity contribution >= 4 is 11.6 Å². The largest absolute Gasteiger partial charge is 0.264 e. The van der Waals surface area contributed by atoms with Crippen molar-refractivity contribution in [2.24, 2.45) is 0 Å². The second-order valence-corrected chi connectivity index (χ2v) is 11.4. The van der Waals surface area contributed by atoms with E-state index in [1.54, 1.807) is 6.20 Å². The summed E-state index contributed by atoms with van der Waals surface area (Å²) in [5.74, 6) is 0.681. The van der Waals surface area contributed by atoms with Crippen molar-refractivity contribution in [2.45, 2.75) is 6.92 Å². The first-order chi connectivity index (χ1) is 23.2. The van der Waals surface area contributed by atoms with Gasteiger partial charge < -0.3 is 0 Å². The lowest BCUT2D eigenvalue weighted by Crippen LogP contribution is -2.25. The van der Waals surface area contributed by atoms with Crippen molar-refractivity contribution in [1.82, 2.24) is 15.0 Å². The lowest BCUT2D eigenvalue weighted by molar-refractivity contribution is 1.18. The number of hydrogen-bond acceptors (Lipinski definition) is 3. The van der Waals surface area contributed by atoms with E-state index in [2.05, 4.69) is 152 Å². The third-order valence-electron chi connectivity index (χ3n) is 8.41. The summed E-state index contributed by atoms with van der Waals surface area (Å²) in [6, 6.07) is 50.5. The summed E-state index contributed by atoms with van der Waals surface area (Å²) in [4.78, 5) is 14.5. The van der Waals surface area contributed by atoms with Gasteiger partial charge in [-0.1, -0.05) is 146 Å². The Kier molecular flexibility index (Phi) is 8.44. The summed E-state index contributed by atoms with van der Waals surface area (Å²) in [5.41, 5.74) is 11.6. The van der Waals surface area contributed by atoms with Crippen LogP contribution in [-0.4, -0.2) is 15.0 Å². The second-order valence-electron chi connectivity index (χ2n) is 11.4. The van der Waals surface area contributed by atoms with Crippen molar-refractivity contribution in [3.05, 3.63) is 187 Å². The van der Waals surface area contributed by atoms with E-state index in [-0.39, 0.29) is 0 Å². The molecule has 224 valence electrons. The fraction of sp³-hybridized carbons (Fsp3) is 0.0227. The Morgan fingerprint density at radius 2 is 1.15 bits per heavy atom. The number of pyridine rings is 1. The highest BCUT2D eigenvalue weighted by Gasteiger charge is 2.12. The molecule has 0 saturated carbocycles. The second kappa shape index (κ2) is 13.4. The maximum Gasteiger partial charge on any atom is 0.160 e. The fourth-order valence-electron chi connectivity index (χ4n) is 5.86. The number of allylic oxidation sites excluding steroid dienone is 1. The van der Waals surface area contributed by atoms with E-state index in [4.69, 9.17) is 9.97 Å². The van der Waals surface area contributed by atoms with E-state index in [9.17, 15) is 0 Å². The van der Waals surface area contributed by atoms with Crippen molar-refractivity contribution in [3.8, 4) is 56.2 Å². The van der Waals surface area contributed by atoms with Gasteiger partial charge in [0.05, 0.1) is 11.4 Å². The Morgan fingerprint density at radius 3 is 1.89 bits per heavy atom. The van der Waals surface area contributed by atoms with Crippen LogP contribution in [0.1, 0.15) is 12.5 Å². The molecular weight excluding hydrogens is 571 g/mol. The van der Waals surface area contributed by atoms with Crippen LogP contribution in [0.15, 0.2) is 171 Å².